The van der Waals surface area contributed by atoms with E-state index in [-0.39, 0.29) is 35.1 Å². The number of likely N-dealkylation sites (tertiary alicyclic amines) is 1. The van der Waals surface area contributed by atoms with Gasteiger partial charge in [-0.05, 0) is 43.7 Å². The lowest BCUT2D eigenvalue weighted by atomic mass is 10.1. The molecule has 3 aromatic rings. The number of fused-ring (bicyclic) bond motifs is 1. The van der Waals surface area contributed by atoms with Crippen molar-refractivity contribution in [3.05, 3.63) is 83.4 Å². The van der Waals surface area contributed by atoms with E-state index in [0.29, 0.717) is 17.7 Å². The molecule has 3 aromatic carbocycles. The Morgan fingerprint density at radius 1 is 1.10 bits per heavy atom. The molecule has 2 aliphatic rings. The number of nitrogens with two attached hydrogens (primary N) is 1. The number of quaternary nitrogens is 1. The molecule has 19 heteroatoms. The van der Waals surface area contributed by atoms with E-state index in [1.54, 1.807) is 44.2 Å². The van der Waals surface area contributed by atoms with Gasteiger partial charge in [-0.1, -0.05) is 54.2 Å². The minimum Gasteiger partial charge on any atom is -0.484 e. The molecule has 0 spiro atoms. The number of imide groups is 1. The summed E-state index contributed by atoms with van der Waals surface area (Å²) in [7, 11) is -9.46. The summed E-state index contributed by atoms with van der Waals surface area (Å²) in [5, 5.41) is 17.6. The number of carbonyl (C=O) groups is 3. The van der Waals surface area contributed by atoms with Gasteiger partial charge in [0, 0.05) is 17.7 Å². The summed E-state index contributed by atoms with van der Waals surface area (Å²) in [6.45, 7) is 3.01. The number of halogens is 3. The highest BCUT2D eigenvalue weighted by atomic mass is 32.2. The lowest BCUT2D eigenvalue weighted by Gasteiger charge is -2.31. The van der Waals surface area contributed by atoms with Crippen molar-refractivity contribution in [2.75, 3.05) is 17.6 Å². The highest BCUT2D eigenvalue weighted by Crippen LogP contribution is 2.41. The molecule has 0 aliphatic carbocycles. The molecule has 50 heavy (non-hydrogen) atoms. The molecule has 1 saturated heterocycles. The minimum absolute atomic E-state index is 0.0772. The monoisotopic (exact) mass is 757 g/mol. The third-order valence-corrected chi connectivity index (χ3v) is 12.1. The second-order valence-corrected chi connectivity index (χ2v) is 16.2. The van der Waals surface area contributed by atoms with Crippen LogP contribution in [0.5, 0.6) is 5.75 Å². The van der Waals surface area contributed by atoms with Crippen LogP contribution in [0.3, 0.4) is 0 Å². The predicted octanol–water partition coefficient (Wildman–Crippen LogP) is 4.53. The highest BCUT2D eigenvalue weighted by Gasteiger charge is 2.58. The van der Waals surface area contributed by atoms with Crippen molar-refractivity contribution >= 4 is 54.6 Å². The minimum atomic E-state index is -5.17. The van der Waals surface area contributed by atoms with Crippen LogP contribution in [0.2, 0.25) is 0 Å². The number of amides is 2. The summed E-state index contributed by atoms with van der Waals surface area (Å²) >= 11 is 0.931. The van der Waals surface area contributed by atoms with Crippen LogP contribution in [0.1, 0.15) is 47.9 Å². The average molecular weight is 758 g/mol. The number of thioether (sulfide) groups is 1. The van der Waals surface area contributed by atoms with Gasteiger partial charge < -0.3 is 15.2 Å². The number of anilines is 1. The van der Waals surface area contributed by atoms with Crippen molar-refractivity contribution in [2.45, 2.75) is 54.5 Å². The molecule has 2 amide bonds. The Kier molecular flexibility index (Phi) is 10.1. The highest BCUT2D eigenvalue weighted by molar-refractivity contribution is 8.14. The van der Waals surface area contributed by atoms with Crippen LogP contribution in [0, 0.1) is 5.92 Å². The van der Waals surface area contributed by atoms with Crippen molar-refractivity contribution in [1.29, 1.82) is 0 Å². The number of hydrogen-bond acceptors (Lipinski definition) is 10. The Morgan fingerprint density at radius 2 is 1.74 bits per heavy atom. The van der Waals surface area contributed by atoms with Crippen LogP contribution in [0.4, 0.5) is 23.7 Å². The third-order valence-electron chi connectivity index (χ3n) is 8.55. The van der Waals surface area contributed by atoms with Gasteiger partial charge in [-0.15, -0.1) is 0 Å². The standard InChI is InChI=1S/C31H31F3N4O9S3/c1-17(16-48-29(40)20-6-4-3-5-7-20)28(39)38(30(41)42)15-22(12-18(38)2)47-21-10-8-19(9-11-21)27-36-24-13-23(31(32,33)34)25(49(35,43)44)14-26(24)50(45,46)37-27/h3-11,13-14,17-18,22,27,36-37H,12,15-16H2,1-2H3,(H2-,35,41,42,43,44)/p+1/t17?,18?,22-,27?,38-/m0/s1. The molecule has 5 N–H and O–H groups in total. The smallest absolute Gasteiger partial charge is 0.484 e. The maximum absolute atomic E-state index is 13.7. The number of carbonyl (C=O) groups excluding carboxylic acids is 2. The van der Waals surface area contributed by atoms with Gasteiger partial charge in [-0.25, -0.2) is 26.8 Å². The van der Waals surface area contributed by atoms with E-state index in [2.05, 4.69) is 10.0 Å². The van der Waals surface area contributed by atoms with Crippen LogP contribution in [-0.2, 0) is 31.0 Å². The van der Waals surface area contributed by atoms with E-state index in [4.69, 9.17) is 9.88 Å². The Morgan fingerprint density at radius 3 is 2.32 bits per heavy atom. The second-order valence-electron chi connectivity index (χ2n) is 12.0. The topological polar surface area (TPSA) is 199 Å². The first kappa shape index (κ1) is 37.3. The first-order valence-electron chi connectivity index (χ1n) is 15.0. The zero-order chi connectivity index (χ0) is 36.8. The maximum Gasteiger partial charge on any atom is 0.521 e. The van der Waals surface area contributed by atoms with Crippen molar-refractivity contribution in [3.8, 4) is 5.75 Å². The number of sulfonamides is 2. The Bertz CT molecular complexity index is 2050. The molecule has 0 saturated carbocycles. The number of ether oxygens (including phenoxy) is 1. The Balaban J connectivity index is 1.29. The van der Waals surface area contributed by atoms with E-state index >= 15 is 0 Å². The van der Waals surface area contributed by atoms with Gasteiger partial charge in [-0.2, -0.15) is 27.2 Å². The summed E-state index contributed by atoms with van der Waals surface area (Å²) in [5.74, 6) is -1.02. The van der Waals surface area contributed by atoms with Gasteiger partial charge in [0.25, 0.3) is 0 Å². The van der Waals surface area contributed by atoms with Gasteiger partial charge in [0.15, 0.2) is 6.10 Å². The molecular weight excluding hydrogens is 726 g/mol. The molecule has 1 fully saturated rings. The fourth-order valence-electron chi connectivity index (χ4n) is 6.05. The van der Waals surface area contributed by atoms with Crippen molar-refractivity contribution in [3.63, 3.8) is 0 Å². The largest absolute Gasteiger partial charge is 0.521 e. The summed E-state index contributed by atoms with van der Waals surface area (Å²) in [5.41, 5.74) is -1.43. The number of carboxylic acid groups (broad SMARTS) is 1. The first-order valence-corrected chi connectivity index (χ1v) is 19.0. The van der Waals surface area contributed by atoms with Gasteiger partial charge in [0.2, 0.25) is 25.2 Å². The number of nitrogens with zero attached hydrogens (tertiary/aromatic N) is 1. The molecule has 5 rings (SSSR count). The zero-order valence-corrected chi connectivity index (χ0v) is 28.8. The summed E-state index contributed by atoms with van der Waals surface area (Å²) in [4.78, 5) is 36.6. The summed E-state index contributed by atoms with van der Waals surface area (Å²) in [6, 6.07) is 14.3. The fourth-order valence-corrected chi connectivity index (χ4v) is 9.05. The van der Waals surface area contributed by atoms with E-state index in [1.165, 1.54) is 24.3 Å². The van der Waals surface area contributed by atoms with E-state index in [9.17, 15) is 49.5 Å². The van der Waals surface area contributed by atoms with Crippen LogP contribution in [0.25, 0.3) is 0 Å². The molecule has 3 unspecified atom stereocenters. The molecule has 0 radical (unpaired) electrons. The molecule has 268 valence electrons. The average Bonchev–Trinajstić information content (AvgIpc) is 3.38. The predicted molar refractivity (Wildman–Crippen MR) is 175 cm³/mol. The number of nitrogens with one attached hydrogen (secondary N) is 2. The van der Waals surface area contributed by atoms with Crippen molar-refractivity contribution in [1.82, 2.24) is 4.72 Å². The quantitative estimate of drug-likeness (QED) is 0.236. The molecule has 0 aromatic heterocycles. The Hall–Kier alpha value is -4.01. The van der Waals surface area contributed by atoms with Gasteiger partial charge >= 0.3 is 18.2 Å². The number of alkyl halides is 3. The van der Waals surface area contributed by atoms with E-state index in [0.717, 1.165) is 11.8 Å². The SMILES string of the molecule is CC(CSC(=O)c1ccccc1)C(=O)[N@+]1(C(=O)O)C[C@@H](Oc2ccc(C3Nc4cc(C(F)(F)F)c(S(N)(=O)=O)cc4S(=O)(=O)N3)cc2)CC1C. The van der Waals surface area contributed by atoms with Crippen LogP contribution < -0.4 is 19.9 Å². The summed E-state index contributed by atoms with van der Waals surface area (Å²) < 4.78 is 98.2. The normalized spacial score (nSPS) is 23.7. The van der Waals surface area contributed by atoms with Crippen LogP contribution in [-0.4, -0.2) is 68.0 Å². The van der Waals surface area contributed by atoms with Crippen LogP contribution in [0.15, 0.2) is 76.5 Å². The zero-order valence-electron chi connectivity index (χ0n) is 26.4. The third kappa shape index (κ3) is 7.38. The maximum atomic E-state index is 13.7. The molecular formula is C31H32F3N4O9S3+. The van der Waals surface area contributed by atoms with Crippen LogP contribution >= 0.6 is 11.8 Å². The molecule has 2 aliphatic heterocycles. The van der Waals surface area contributed by atoms with Crippen molar-refractivity contribution < 1.29 is 58.7 Å². The molecule has 13 nitrogen and oxygen atoms in total. The summed E-state index contributed by atoms with van der Waals surface area (Å²) in [6.07, 6.45) is -8.30. The van der Waals surface area contributed by atoms with Gasteiger partial charge in [0.05, 0.1) is 22.1 Å². The molecule has 2 heterocycles. The lowest BCUT2D eigenvalue weighted by Crippen LogP contribution is -2.61. The van der Waals surface area contributed by atoms with Gasteiger partial charge in [0.1, 0.15) is 29.4 Å². The Labute approximate surface area is 289 Å². The van der Waals surface area contributed by atoms with Gasteiger partial charge in [-0.3, -0.25) is 4.79 Å². The lowest BCUT2D eigenvalue weighted by molar-refractivity contribution is -0.795. The first-order chi connectivity index (χ1) is 23.2. The number of rotatable bonds is 8. The molecule has 0 bridgehead atoms. The second kappa shape index (κ2) is 13.6. The van der Waals surface area contributed by atoms with Crippen molar-refractivity contribution in [2.24, 2.45) is 11.1 Å². The fraction of sp³-hybridized carbons (Fsp3) is 0.323. The van der Waals surface area contributed by atoms with E-state index < -0.39 is 88.0 Å². The molecule has 5 atom stereocenters. The number of primary sulfonamides is 1. The number of hydrogen-bond donors (Lipinski definition) is 4. The van der Waals surface area contributed by atoms with E-state index in [1.807, 2.05) is 0 Å². The number of benzene rings is 3.